The van der Waals surface area contributed by atoms with Crippen molar-refractivity contribution < 1.29 is 9.53 Å². The minimum atomic E-state index is -0.0814. The van der Waals surface area contributed by atoms with Crippen LogP contribution in [0, 0.1) is 0 Å². The van der Waals surface area contributed by atoms with Gasteiger partial charge in [0.2, 0.25) is 0 Å². The molecule has 4 nitrogen and oxygen atoms in total. The number of nitrogens with zero attached hydrogens (tertiary/aromatic N) is 1. The summed E-state index contributed by atoms with van der Waals surface area (Å²) in [5.41, 5.74) is 3.87. The molecule has 3 rings (SSSR count). The highest BCUT2D eigenvalue weighted by Crippen LogP contribution is 2.22. The van der Waals surface area contributed by atoms with Gasteiger partial charge in [0.25, 0.3) is 5.91 Å². The molecule has 2 aromatic rings. The Morgan fingerprint density at radius 2 is 1.69 bits per heavy atom. The Labute approximate surface area is 159 Å². The number of hydrogen-bond donors (Lipinski definition) is 1. The van der Waals surface area contributed by atoms with Crippen molar-refractivity contribution in [2.24, 2.45) is 0 Å². The van der Waals surface area contributed by atoms with Gasteiger partial charge in [0.1, 0.15) is 0 Å². The Bertz CT molecular complexity index is 721. The highest BCUT2D eigenvalue weighted by molar-refractivity contribution is 7.97. The van der Waals surface area contributed by atoms with Crippen LogP contribution in [0.1, 0.15) is 29.8 Å². The molecule has 1 aliphatic rings. The quantitative estimate of drug-likeness (QED) is 0.846. The van der Waals surface area contributed by atoms with E-state index in [2.05, 4.69) is 42.5 Å². The summed E-state index contributed by atoms with van der Waals surface area (Å²) in [6.07, 6.45) is 2.53. The van der Waals surface area contributed by atoms with E-state index in [9.17, 15) is 4.79 Å². The summed E-state index contributed by atoms with van der Waals surface area (Å²) in [5, 5.41) is 2.97. The molecule has 1 saturated heterocycles. The van der Waals surface area contributed by atoms with E-state index in [1.54, 1.807) is 11.8 Å². The molecule has 5 heteroatoms. The number of benzene rings is 2. The Balaban J connectivity index is 1.62. The fraction of sp³-hybridized carbons (Fsp3) is 0.381. The van der Waals surface area contributed by atoms with Gasteiger partial charge >= 0.3 is 0 Å². The first-order valence-electron chi connectivity index (χ1n) is 8.95. The maximum atomic E-state index is 12.4. The van der Waals surface area contributed by atoms with Gasteiger partial charge in [-0.3, -0.25) is 4.79 Å². The monoisotopic (exact) mass is 370 g/mol. The summed E-state index contributed by atoms with van der Waals surface area (Å²) in [7, 11) is 0. The molecule has 0 radical (unpaired) electrons. The molecule has 0 bridgehead atoms. The average molecular weight is 371 g/mol. The lowest BCUT2D eigenvalue weighted by Gasteiger charge is -2.36. The van der Waals surface area contributed by atoms with E-state index in [1.807, 2.05) is 36.4 Å². The lowest BCUT2D eigenvalue weighted by molar-refractivity contribution is -0.00521. The molecule has 1 N–H and O–H groups in total. The number of rotatable bonds is 5. The van der Waals surface area contributed by atoms with Crippen LogP contribution in [0.4, 0.5) is 11.4 Å². The lowest BCUT2D eigenvalue weighted by atomic mass is 10.1. The standard InChI is InChI=1S/C21H26N2O2S/c1-15-12-23(13-16(2)25-15)20-10-8-19(9-11-20)22-21(24)18-6-4-17(5-7-18)14-26-3/h4-11,15-16H,12-14H2,1-3H3,(H,22,24). The molecule has 0 aliphatic carbocycles. The summed E-state index contributed by atoms with van der Waals surface area (Å²) in [4.78, 5) is 14.7. The van der Waals surface area contributed by atoms with Crippen LogP contribution in [0.5, 0.6) is 0 Å². The molecule has 2 unspecified atom stereocenters. The molecule has 1 aliphatic heterocycles. The lowest BCUT2D eigenvalue weighted by Crippen LogP contribution is -2.45. The van der Waals surface area contributed by atoms with Crippen molar-refractivity contribution in [3.8, 4) is 0 Å². The first-order valence-corrected chi connectivity index (χ1v) is 10.3. The third-order valence-electron chi connectivity index (χ3n) is 4.44. The highest BCUT2D eigenvalue weighted by atomic mass is 32.2. The topological polar surface area (TPSA) is 41.6 Å². The third kappa shape index (κ3) is 4.80. The second-order valence-electron chi connectivity index (χ2n) is 6.79. The molecule has 0 spiro atoms. The summed E-state index contributed by atoms with van der Waals surface area (Å²) in [6, 6.07) is 15.8. The summed E-state index contributed by atoms with van der Waals surface area (Å²) >= 11 is 1.77. The van der Waals surface area contributed by atoms with Crippen molar-refractivity contribution in [1.29, 1.82) is 0 Å². The van der Waals surface area contributed by atoms with Crippen LogP contribution in [0.15, 0.2) is 48.5 Å². The van der Waals surface area contributed by atoms with Crippen LogP contribution in [0.3, 0.4) is 0 Å². The van der Waals surface area contributed by atoms with E-state index in [-0.39, 0.29) is 18.1 Å². The number of anilines is 2. The van der Waals surface area contributed by atoms with E-state index >= 15 is 0 Å². The molecule has 0 saturated carbocycles. The van der Waals surface area contributed by atoms with Crippen molar-refractivity contribution in [3.63, 3.8) is 0 Å². The molecule has 0 aromatic heterocycles. The molecule has 2 atom stereocenters. The number of morpholine rings is 1. The van der Waals surface area contributed by atoms with Gasteiger partial charge in [0.05, 0.1) is 12.2 Å². The minimum absolute atomic E-state index is 0.0814. The summed E-state index contributed by atoms with van der Waals surface area (Å²) in [5.74, 6) is 0.879. The van der Waals surface area contributed by atoms with Crippen molar-refractivity contribution in [2.75, 3.05) is 29.6 Å². The van der Waals surface area contributed by atoms with Gasteiger partial charge in [0, 0.05) is 35.8 Å². The van der Waals surface area contributed by atoms with Crippen molar-refractivity contribution in [1.82, 2.24) is 0 Å². The number of ether oxygens (including phenoxy) is 1. The van der Waals surface area contributed by atoms with E-state index < -0.39 is 0 Å². The predicted octanol–water partition coefficient (Wildman–Crippen LogP) is 4.42. The number of hydrogen-bond acceptors (Lipinski definition) is 4. The third-order valence-corrected chi connectivity index (χ3v) is 5.06. The molecule has 1 fully saturated rings. The van der Waals surface area contributed by atoms with E-state index in [0.717, 1.165) is 30.2 Å². The summed E-state index contributed by atoms with van der Waals surface area (Å²) < 4.78 is 5.79. The minimum Gasteiger partial charge on any atom is -0.372 e. The van der Waals surface area contributed by atoms with Crippen molar-refractivity contribution >= 4 is 29.0 Å². The van der Waals surface area contributed by atoms with Gasteiger partial charge in [-0.2, -0.15) is 11.8 Å². The van der Waals surface area contributed by atoms with Gasteiger partial charge < -0.3 is 15.0 Å². The summed E-state index contributed by atoms with van der Waals surface area (Å²) in [6.45, 7) is 5.97. The normalized spacial score (nSPS) is 20.0. The van der Waals surface area contributed by atoms with E-state index in [4.69, 9.17) is 4.74 Å². The van der Waals surface area contributed by atoms with Gasteiger partial charge in [0.15, 0.2) is 0 Å². The SMILES string of the molecule is CSCc1ccc(C(=O)Nc2ccc(N3CC(C)OC(C)C3)cc2)cc1. The highest BCUT2D eigenvalue weighted by Gasteiger charge is 2.22. The molecular weight excluding hydrogens is 344 g/mol. The fourth-order valence-electron chi connectivity index (χ4n) is 3.27. The number of nitrogens with one attached hydrogen (secondary N) is 1. The first-order chi connectivity index (χ1) is 12.5. The average Bonchev–Trinajstić information content (AvgIpc) is 2.62. The zero-order chi connectivity index (χ0) is 18.5. The Hall–Kier alpha value is -1.98. The Kier molecular flexibility index (Phi) is 6.22. The van der Waals surface area contributed by atoms with Crippen LogP contribution >= 0.6 is 11.8 Å². The van der Waals surface area contributed by atoms with E-state index in [1.165, 1.54) is 5.56 Å². The van der Waals surface area contributed by atoms with Gasteiger partial charge in [-0.25, -0.2) is 0 Å². The smallest absolute Gasteiger partial charge is 0.255 e. The second kappa shape index (κ2) is 8.60. The Morgan fingerprint density at radius 1 is 1.08 bits per heavy atom. The molecule has 1 amide bonds. The van der Waals surface area contributed by atoms with Crippen molar-refractivity contribution in [3.05, 3.63) is 59.7 Å². The number of carbonyl (C=O) groups is 1. The van der Waals surface area contributed by atoms with Crippen LogP contribution in [0.25, 0.3) is 0 Å². The number of thioether (sulfide) groups is 1. The number of amides is 1. The second-order valence-corrected chi connectivity index (χ2v) is 7.66. The molecular formula is C21H26N2O2S. The fourth-order valence-corrected chi connectivity index (χ4v) is 3.79. The molecule has 138 valence electrons. The molecule has 2 aromatic carbocycles. The van der Waals surface area contributed by atoms with Gasteiger partial charge in [-0.1, -0.05) is 12.1 Å². The van der Waals surface area contributed by atoms with Gasteiger partial charge in [-0.15, -0.1) is 0 Å². The number of carbonyl (C=O) groups excluding carboxylic acids is 1. The maximum absolute atomic E-state index is 12.4. The van der Waals surface area contributed by atoms with Crippen LogP contribution in [0.2, 0.25) is 0 Å². The molecule has 26 heavy (non-hydrogen) atoms. The zero-order valence-electron chi connectivity index (χ0n) is 15.6. The Morgan fingerprint density at radius 3 is 2.27 bits per heavy atom. The predicted molar refractivity (Wildman–Crippen MR) is 110 cm³/mol. The van der Waals surface area contributed by atoms with Crippen molar-refractivity contribution in [2.45, 2.75) is 31.8 Å². The van der Waals surface area contributed by atoms with Crippen LogP contribution in [-0.2, 0) is 10.5 Å². The maximum Gasteiger partial charge on any atom is 0.255 e. The van der Waals surface area contributed by atoms with Crippen LogP contribution in [-0.4, -0.2) is 37.5 Å². The zero-order valence-corrected chi connectivity index (χ0v) is 16.4. The van der Waals surface area contributed by atoms with Gasteiger partial charge in [-0.05, 0) is 62.1 Å². The largest absolute Gasteiger partial charge is 0.372 e. The van der Waals surface area contributed by atoms with E-state index in [0.29, 0.717) is 5.56 Å². The first kappa shape index (κ1) is 18.8. The van der Waals surface area contributed by atoms with Crippen LogP contribution < -0.4 is 10.2 Å². The molecule has 1 heterocycles.